The Hall–Kier alpha value is -1.56. The summed E-state index contributed by atoms with van der Waals surface area (Å²) >= 11 is 0. The molecule has 1 heterocycles. The molecule has 2 unspecified atom stereocenters. The average Bonchev–Trinajstić information content (AvgIpc) is 2.29. The first-order valence-electron chi connectivity index (χ1n) is 3.70. The minimum absolute atomic E-state index is 0.347. The summed E-state index contributed by atoms with van der Waals surface area (Å²) in [4.78, 5) is 22.0. The molecule has 0 amide bonds. The number of hydrogen-bond donors (Lipinski definition) is 0. The highest BCUT2D eigenvalue weighted by molar-refractivity contribution is 5.97. The topological polar surface area (TPSA) is 43.4 Å². The van der Waals surface area contributed by atoms with Crippen LogP contribution in [-0.4, -0.2) is 11.9 Å². The van der Waals surface area contributed by atoms with Gasteiger partial charge < -0.3 is 4.74 Å². The molecule has 1 aliphatic heterocycles. The summed E-state index contributed by atoms with van der Waals surface area (Å²) in [7, 11) is 0. The summed E-state index contributed by atoms with van der Waals surface area (Å²) in [5.74, 6) is -1.68. The van der Waals surface area contributed by atoms with E-state index in [1.165, 1.54) is 0 Å². The largest absolute Gasteiger partial charge is 0.392 e. The molecule has 2 aliphatic rings. The Kier molecular flexibility index (Phi) is 1.47. The molecule has 1 aliphatic carbocycles. The van der Waals surface area contributed by atoms with Crippen molar-refractivity contribution in [2.45, 2.75) is 6.42 Å². The van der Waals surface area contributed by atoms with Crippen molar-refractivity contribution in [2.75, 3.05) is 0 Å². The molecule has 3 heteroatoms. The molecule has 0 aromatic rings. The van der Waals surface area contributed by atoms with E-state index < -0.39 is 17.9 Å². The SMILES string of the molecule is O=C1OC(=O)C2CC=C=C=CC12. The van der Waals surface area contributed by atoms with Crippen molar-refractivity contribution in [3.05, 3.63) is 23.6 Å². The molecule has 0 saturated carbocycles. The molecule has 2 atom stereocenters. The van der Waals surface area contributed by atoms with Crippen LogP contribution in [0.5, 0.6) is 0 Å². The Bertz CT molecular complexity index is 341. The zero-order chi connectivity index (χ0) is 8.55. The number of cyclic esters (lactones) is 2. The van der Waals surface area contributed by atoms with Crippen LogP contribution in [-0.2, 0) is 14.3 Å². The molecule has 12 heavy (non-hydrogen) atoms. The summed E-state index contributed by atoms with van der Waals surface area (Å²) in [5.41, 5.74) is 5.41. The molecular weight excluding hydrogens is 156 g/mol. The Labute approximate surface area is 69.0 Å². The van der Waals surface area contributed by atoms with Crippen molar-refractivity contribution in [2.24, 2.45) is 11.8 Å². The number of ether oxygens (including phenoxy) is 1. The fourth-order valence-electron chi connectivity index (χ4n) is 1.36. The number of esters is 2. The normalized spacial score (nSPS) is 31.7. The lowest BCUT2D eigenvalue weighted by Gasteiger charge is -2.02. The van der Waals surface area contributed by atoms with E-state index in [9.17, 15) is 9.59 Å². The van der Waals surface area contributed by atoms with E-state index in [1.807, 2.05) is 0 Å². The quantitative estimate of drug-likeness (QED) is 0.297. The molecule has 0 N–H and O–H groups in total. The van der Waals surface area contributed by atoms with Gasteiger partial charge in [-0.15, -0.1) is 0 Å². The van der Waals surface area contributed by atoms with Crippen molar-refractivity contribution in [1.29, 1.82) is 0 Å². The van der Waals surface area contributed by atoms with Gasteiger partial charge in [0, 0.05) is 0 Å². The fraction of sp³-hybridized carbons (Fsp3) is 0.333. The summed E-state index contributed by atoms with van der Waals surface area (Å²) in [6, 6.07) is 0. The molecule has 60 valence electrons. The number of hydrogen-bond acceptors (Lipinski definition) is 3. The second kappa shape index (κ2) is 2.49. The standard InChI is InChI=1S/C9H6O3/c10-8-6-4-2-1-3-5-7(6)9(11)12-8/h2,5-7H,4H2. The molecule has 0 radical (unpaired) electrons. The van der Waals surface area contributed by atoms with E-state index >= 15 is 0 Å². The lowest BCUT2D eigenvalue weighted by Crippen LogP contribution is -2.14. The summed E-state index contributed by atoms with van der Waals surface area (Å²) < 4.78 is 4.47. The van der Waals surface area contributed by atoms with Gasteiger partial charge in [0.05, 0.1) is 11.8 Å². The zero-order valence-electron chi connectivity index (χ0n) is 6.24. The molecule has 0 aromatic heterocycles. The van der Waals surface area contributed by atoms with Gasteiger partial charge in [-0.1, -0.05) is 11.5 Å². The minimum atomic E-state index is -0.463. The molecule has 0 aromatic carbocycles. The highest BCUT2D eigenvalue weighted by atomic mass is 16.6. The van der Waals surface area contributed by atoms with Gasteiger partial charge in [0.25, 0.3) is 0 Å². The Morgan fingerprint density at radius 1 is 1.33 bits per heavy atom. The maximum absolute atomic E-state index is 11.0. The monoisotopic (exact) mass is 162 g/mol. The number of carbonyl (C=O) groups is 2. The second-order valence-electron chi connectivity index (χ2n) is 2.77. The van der Waals surface area contributed by atoms with Crippen LogP contribution >= 0.6 is 0 Å². The molecule has 2 rings (SSSR count). The molecule has 0 spiro atoms. The van der Waals surface area contributed by atoms with E-state index in [-0.39, 0.29) is 5.92 Å². The van der Waals surface area contributed by atoms with Gasteiger partial charge in [-0.2, -0.15) is 0 Å². The summed E-state index contributed by atoms with van der Waals surface area (Å²) in [6.07, 6.45) is 3.75. The van der Waals surface area contributed by atoms with E-state index in [1.54, 1.807) is 12.2 Å². The van der Waals surface area contributed by atoms with E-state index in [4.69, 9.17) is 0 Å². The van der Waals surface area contributed by atoms with Crippen LogP contribution in [0.1, 0.15) is 6.42 Å². The van der Waals surface area contributed by atoms with Crippen molar-refractivity contribution in [1.82, 2.24) is 0 Å². The van der Waals surface area contributed by atoms with E-state index in [0.717, 1.165) is 0 Å². The summed E-state index contributed by atoms with van der Waals surface area (Å²) in [6.45, 7) is 0. The van der Waals surface area contributed by atoms with Gasteiger partial charge in [-0.05, 0) is 18.6 Å². The Morgan fingerprint density at radius 2 is 2.17 bits per heavy atom. The van der Waals surface area contributed by atoms with Crippen LogP contribution in [0.15, 0.2) is 23.6 Å². The average molecular weight is 162 g/mol. The zero-order valence-corrected chi connectivity index (χ0v) is 6.24. The van der Waals surface area contributed by atoms with Crippen LogP contribution < -0.4 is 0 Å². The van der Waals surface area contributed by atoms with Crippen molar-refractivity contribution in [3.8, 4) is 0 Å². The van der Waals surface area contributed by atoms with Crippen LogP contribution in [0.25, 0.3) is 0 Å². The molecule has 0 bridgehead atoms. The minimum Gasteiger partial charge on any atom is -0.392 e. The first kappa shape index (κ1) is 7.11. The number of fused-ring (bicyclic) bond motifs is 1. The Balaban J connectivity index is 2.41. The van der Waals surface area contributed by atoms with Crippen molar-refractivity contribution in [3.63, 3.8) is 0 Å². The third kappa shape index (κ3) is 0.928. The second-order valence-corrected chi connectivity index (χ2v) is 2.77. The lowest BCUT2D eigenvalue weighted by molar-refractivity contribution is -0.153. The smallest absolute Gasteiger partial charge is 0.322 e. The molecule has 1 fully saturated rings. The molecular formula is C9H6O3. The maximum Gasteiger partial charge on any atom is 0.322 e. The van der Waals surface area contributed by atoms with Gasteiger partial charge in [0.15, 0.2) is 0 Å². The molecule has 1 saturated heterocycles. The predicted molar refractivity (Wildman–Crippen MR) is 38.9 cm³/mol. The molecule has 3 nitrogen and oxygen atoms in total. The van der Waals surface area contributed by atoms with Crippen LogP contribution in [0.2, 0.25) is 0 Å². The highest BCUT2D eigenvalue weighted by Crippen LogP contribution is 2.28. The number of rotatable bonds is 0. The third-order valence-corrected chi connectivity index (χ3v) is 2.03. The lowest BCUT2D eigenvalue weighted by atomic mass is 9.93. The van der Waals surface area contributed by atoms with Gasteiger partial charge >= 0.3 is 11.9 Å². The highest BCUT2D eigenvalue weighted by Gasteiger charge is 2.42. The van der Waals surface area contributed by atoms with Crippen molar-refractivity contribution >= 4 is 11.9 Å². The summed E-state index contributed by atoms with van der Waals surface area (Å²) in [5, 5.41) is 0. The van der Waals surface area contributed by atoms with E-state index in [0.29, 0.717) is 6.42 Å². The van der Waals surface area contributed by atoms with Crippen molar-refractivity contribution < 1.29 is 14.3 Å². The van der Waals surface area contributed by atoms with Gasteiger partial charge in [0.2, 0.25) is 0 Å². The third-order valence-electron chi connectivity index (χ3n) is 2.03. The number of carbonyl (C=O) groups excluding carboxylic acids is 2. The van der Waals surface area contributed by atoms with Gasteiger partial charge in [-0.25, -0.2) is 0 Å². The first-order chi connectivity index (χ1) is 5.79. The predicted octanol–water partition coefficient (Wildman–Crippen LogP) is 0.572. The van der Waals surface area contributed by atoms with Crippen LogP contribution in [0, 0.1) is 11.8 Å². The van der Waals surface area contributed by atoms with Gasteiger partial charge in [0.1, 0.15) is 0 Å². The van der Waals surface area contributed by atoms with Crippen LogP contribution in [0.3, 0.4) is 0 Å². The number of allylic oxidation sites excluding steroid dienone is 1. The Morgan fingerprint density at radius 3 is 3.00 bits per heavy atom. The van der Waals surface area contributed by atoms with Crippen LogP contribution in [0.4, 0.5) is 0 Å². The first-order valence-corrected chi connectivity index (χ1v) is 3.70. The van der Waals surface area contributed by atoms with E-state index in [2.05, 4.69) is 16.2 Å². The fourth-order valence-corrected chi connectivity index (χ4v) is 1.36. The maximum atomic E-state index is 11.0. The van der Waals surface area contributed by atoms with Gasteiger partial charge in [-0.3, -0.25) is 9.59 Å².